The molecule has 1 fully saturated rings. The summed E-state index contributed by atoms with van der Waals surface area (Å²) < 4.78 is 5.60. The summed E-state index contributed by atoms with van der Waals surface area (Å²) in [4.78, 5) is 11.8. The molecular weight excluding hydrogens is 240 g/mol. The van der Waals surface area contributed by atoms with Crippen molar-refractivity contribution < 1.29 is 9.53 Å². The molecule has 2 aromatic carbocycles. The Morgan fingerprint density at radius 1 is 1.21 bits per heavy atom. The van der Waals surface area contributed by atoms with Crippen molar-refractivity contribution in [3.05, 3.63) is 48.0 Å². The lowest BCUT2D eigenvalue weighted by Gasteiger charge is -2.11. The Hall–Kier alpha value is -1.91. The van der Waals surface area contributed by atoms with Crippen LogP contribution >= 0.6 is 0 Å². The van der Waals surface area contributed by atoms with Crippen molar-refractivity contribution >= 4 is 16.7 Å². The van der Waals surface area contributed by atoms with E-state index in [-0.39, 0.29) is 12.3 Å². The molecule has 4 heteroatoms. The molecule has 1 amide bonds. The summed E-state index contributed by atoms with van der Waals surface area (Å²) in [5, 5.41) is 8.00. The van der Waals surface area contributed by atoms with Gasteiger partial charge >= 0.3 is 0 Å². The molecule has 2 aromatic rings. The number of hydrogen-bond acceptors (Lipinski definition) is 3. The molecule has 0 radical (unpaired) electrons. The third-order valence-corrected chi connectivity index (χ3v) is 3.41. The van der Waals surface area contributed by atoms with Crippen LogP contribution in [0.2, 0.25) is 0 Å². The topological polar surface area (TPSA) is 50.4 Å². The summed E-state index contributed by atoms with van der Waals surface area (Å²) in [6, 6.07) is 14.3. The molecule has 2 unspecified atom stereocenters. The highest BCUT2D eigenvalue weighted by Gasteiger charge is 2.31. The van der Waals surface area contributed by atoms with Crippen molar-refractivity contribution in [2.75, 3.05) is 7.05 Å². The first kappa shape index (κ1) is 12.1. The van der Waals surface area contributed by atoms with Gasteiger partial charge in [0.2, 0.25) is 0 Å². The lowest BCUT2D eigenvalue weighted by atomic mass is 10.00. The van der Waals surface area contributed by atoms with E-state index in [1.165, 1.54) is 10.8 Å². The number of hydrogen-bond donors (Lipinski definition) is 2. The van der Waals surface area contributed by atoms with Gasteiger partial charge in [-0.15, -0.1) is 0 Å². The molecule has 2 atom stereocenters. The number of carbonyl (C=O) groups excluding carboxylic acids is 1. The fraction of sp³-hybridized carbons (Fsp3) is 0.267. The Labute approximate surface area is 111 Å². The number of ether oxygens (including phenoxy) is 1. The van der Waals surface area contributed by atoms with Crippen LogP contribution in [0.15, 0.2) is 42.5 Å². The summed E-state index contributed by atoms with van der Waals surface area (Å²) >= 11 is 0. The molecule has 19 heavy (non-hydrogen) atoms. The first-order valence-electron chi connectivity index (χ1n) is 6.37. The van der Waals surface area contributed by atoms with Crippen LogP contribution in [0.4, 0.5) is 0 Å². The summed E-state index contributed by atoms with van der Waals surface area (Å²) in [7, 11) is 1.76. The summed E-state index contributed by atoms with van der Waals surface area (Å²) in [5.41, 5.74) is 1.13. The van der Waals surface area contributed by atoms with Gasteiger partial charge in [-0.2, -0.15) is 0 Å². The summed E-state index contributed by atoms with van der Waals surface area (Å²) in [6.07, 6.45) is -0.221. The molecule has 1 heterocycles. The van der Waals surface area contributed by atoms with E-state index in [0.717, 1.165) is 5.56 Å². The van der Waals surface area contributed by atoms with Gasteiger partial charge in [-0.25, -0.2) is 0 Å². The largest absolute Gasteiger partial charge is 0.332 e. The molecule has 0 saturated carbocycles. The molecule has 1 aliphatic rings. The van der Waals surface area contributed by atoms with E-state index in [9.17, 15) is 4.79 Å². The van der Waals surface area contributed by atoms with E-state index in [1.807, 2.05) is 24.3 Å². The van der Waals surface area contributed by atoms with E-state index in [4.69, 9.17) is 4.74 Å². The second-order valence-corrected chi connectivity index (χ2v) is 4.64. The van der Waals surface area contributed by atoms with Gasteiger partial charge in [0.15, 0.2) is 6.35 Å². The van der Waals surface area contributed by atoms with Crippen LogP contribution in [0, 0.1) is 0 Å². The minimum absolute atomic E-state index is 0.0627. The van der Waals surface area contributed by atoms with Crippen LogP contribution in [-0.2, 0) is 16.0 Å². The van der Waals surface area contributed by atoms with Crippen molar-refractivity contribution in [3.63, 3.8) is 0 Å². The smallest absolute Gasteiger partial charge is 0.252 e. The Morgan fingerprint density at radius 3 is 2.79 bits per heavy atom. The molecule has 0 spiro atoms. The minimum Gasteiger partial charge on any atom is -0.332 e. The maximum Gasteiger partial charge on any atom is 0.252 e. The van der Waals surface area contributed by atoms with Crippen LogP contribution in [-0.4, -0.2) is 25.4 Å². The van der Waals surface area contributed by atoms with E-state index >= 15 is 0 Å². The van der Waals surface area contributed by atoms with E-state index in [2.05, 4.69) is 28.8 Å². The van der Waals surface area contributed by atoms with Gasteiger partial charge in [0.1, 0.15) is 6.10 Å². The lowest BCUT2D eigenvalue weighted by molar-refractivity contribution is -0.123. The third-order valence-electron chi connectivity index (χ3n) is 3.41. The molecule has 0 bridgehead atoms. The van der Waals surface area contributed by atoms with Crippen molar-refractivity contribution in [2.45, 2.75) is 18.9 Å². The zero-order valence-electron chi connectivity index (χ0n) is 10.7. The van der Waals surface area contributed by atoms with Crippen LogP contribution in [0.3, 0.4) is 0 Å². The van der Waals surface area contributed by atoms with Crippen LogP contribution < -0.4 is 10.6 Å². The Bertz CT molecular complexity index is 607. The van der Waals surface area contributed by atoms with Gasteiger partial charge in [-0.05, 0) is 23.4 Å². The minimum atomic E-state index is -0.428. The monoisotopic (exact) mass is 256 g/mol. The first-order valence-corrected chi connectivity index (χ1v) is 6.37. The van der Waals surface area contributed by atoms with Gasteiger partial charge < -0.3 is 10.1 Å². The fourth-order valence-corrected chi connectivity index (χ4v) is 2.43. The van der Waals surface area contributed by atoms with Gasteiger partial charge in [-0.1, -0.05) is 42.5 Å². The average molecular weight is 256 g/mol. The molecule has 98 valence electrons. The maximum absolute atomic E-state index is 11.8. The molecule has 0 aliphatic carbocycles. The number of benzene rings is 2. The second-order valence-electron chi connectivity index (χ2n) is 4.64. The SMILES string of the molecule is CNC1NC(=O)C(Cc2cccc3ccccc23)O1. The van der Waals surface area contributed by atoms with E-state index < -0.39 is 6.10 Å². The number of fused-ring (bicyclic) bond motifs is 1. The maximum atomic E-state index is 11.8. The second kappa shape index (κ2) is 4.99. The summed E-state index contributed by atoms with van der Waals surface area (Å²) in [6.45, 7) is 0. The predicted octanol–water partition coefficient (Wildman–Crippen LogP) is 1.40. The van der Waals surface area contributed by atoms with Crippen LogP contribution in [0.25, 0.3) is 10.8 Å². The highest BCUT2D eigenvalue weighted by Crippen LogP contribution is 2.21. The fourth-order valence-electron chi connectivity index (χ4n) is 2.43. The molecule has 3 rings (SSSR count). The Morgan fingerprint density at radius 2 is 2.00 bits per heavy atom. The molecule has 1 aliphatic heterocycles. The van der Waals surface area contributed by atoms with E-state index in [0.29, 0.717) is 6.42 Å². The van der Waals surface area contributed by atoms with Gasteiger partial charge in [0.25, 0.3) is 5.91 Å². The molecule has 4 nitrogen and oxygen atoms in total. The predicted molar refractivity (Wildman–Crippen MR) is 73.5 cm³/mol. The number of nitrogens with one attached hydrogen (secondary N) is 2. The average Bonchev–Trinajstić information content (AvgIpc) is 2.80. The van der Waals surface area contributed by atoms with Crippen molar-refractivity contribution in [1.82, 2.24) is 10.6 Å². The Kier molecular flexibility index (Phi) is 3.19. The third kappa shape index (κ3) is 2.32. The summed E-state index contributed by atoms with van der Waals surface area (Å²) in [5.74, 6) is -0.0627. The number of amides is 1. The number of carbonyl (C=O) groups is 1. The van der Waals surface area contributed by atoms with Crippen LogP contribution in [0.1, 0.15) is 5.56 Å². The highest BCUT2D eigenvalue weighted by molar-refractivity contribution is 5.87. The molecular formula is C15H16N2O2. The van der Waals surface area contributed by atoms with Crippen molar-refractivity contribution in [1.29, 1.82) is 0 Å². The highest BCUT2D eigenvalue weighted by atomic mass is 16.5. The Balaban J connectivity index is 1.88. The number of rotatable bonds is 3. The first-order chi connectivity index (χ1) is 9.28. The van der Waals surface area contributed by atoms with Gasteiger partial charge in [-0.3, -0.25) is 10.1 Å². The quantitative estimate of drug-likeness (QED) is 0.872. The van der Waals surface area contributed by atoms with Crippen molar-refractivity contribution in [3.8, 4) is 0 Å². The molecule has 0 aromatic heterocycles. The molecule has 1 saturated heterocycles. The van der Waals surface area contributed by atoms with Crippen LogP contribution in [0.5, 0.6) is 0 Å². The zero-order valence-corrected chi connectivity index (χ0v) is 10.7. The zero-order chi connectivity index (χ0) is 13.2. The normalized spacial score (nSPS) is 22.7. The van der Waals surface area contributed by atoms with E-state index in [1.54, 1.807) is 7.05 Å². The molecule has 2 N–H and O–H groups in total. The standard InChI is InChI=1S/C15H16N2O2/c1-16-15-17-14(18)13(19-15)9-11-7-4-6-10-5-2-3-8-12(10)11/h2-8,13,15-16H,9H2,1H3,(H,17,18). The van der Waals surface area contributed by atoms with Gasteiger partial charge in [0.05, 0.1) is 0 Å². The van der Waals surface area contributed by atoms with Crippen molar-refractivity contribution in [2.24, 2.45) is 0 Å². The van der Waals surface area contributed by atoms with Gasteiger partial charge in [0, 0.05) is 6.42 Å². The lowest BCUT2D eigenvalue weighted by Crippen LogP contribution is -2.37.